The molecule has 3 aromatic rings. The Morgan fingerprint density at radius 1 is 1.31 bits per heavy atom. The first-order chi connectivity index (χ1) is 13.8. The molecule has 1 saturated heterocycles. The monoisotopic (exact) mass is 430 g/mol. The van der Waals surface area contributed by atoms with Crippen molar-refractivity contribution in [1.82, 2.24) is 14.5 Å². The van der Waals surface area contributed by atoms with Gasteiger partial charge in [-0.1, -0.05) is 37.0 Å². The first kappa shape index (κ1) is 18.7. The number of carbonyl (C=O) groups excluding carboxylic acids is 1. The number of nitrogens with zero attached hydrogens (tertiary/aromatic N) is 4. The third-order valence-electron chi connectivity index (χ3n) is 6.57. The molecule has 3 atom stereocenters. The quantitative estimate of drug-likeness (QED) is 0.577. The summed E-state index contributed by atoms with van der Waals surface area (Å²) in [4.78, 5) is 23.7. The second-order valence-electron chi connectivity index (χ2n) is 8.30. The van der Waals surface area contributed by atoms with Crippen LogP contribution in [0.2, 0.25) is 10.0 Å². The third-order valence-corrected chi connectivity index (χ3v) is 7.36. The molecule has 2 aliphatic rings. The molecule has 1 aliphatic carbocycles. The fourth-order valence-corrected chi connectivity index (χ4v) is 5.24. The van der Waals surface area contributed by atoms with Gasteiger partial charge in [0, 0.05) is 36.3 Å². The number of esters is 1. The van der Waals surface area contributed by atoms with Crippen LogP contribution in [0, 0.1) is 17.3 Å². The van der Waals surface area contributed by atoms with Gasteiger partial charge in [0.15, 0.2) is 0 Å². The van der Waals surface area contributed by atoms with Crippen LogP contribution in [0.1, 0.15) is 13.8 Å². The molecule has 29 heavy (non-hydrogen) atoms. The Bertz CT molecular complexity index is 1130. The lowest BCUT2D eigenvalue weighted by Crippen LogP contribution is -2.43. The summed E-state index contributed by atoms with van der Waals surface area (Å²) in [6.45, 7) is 5.16. The average molecular weight is 431 g/mol. The summed E-state index contributed by atoms with van der Waals surface area (Å²) in [6.07, 6.45) is 5.31. The van der Waals surface area contributed by atoms with Crippen LogP contribution in [0.15, 0.2) is 36.9 Å². The summed E-state index contributed by atoms with van der Waals surface area (Å²) in [5.74, 6) is 1.13. The fraction of sp³-hybridized carbons (Fsp3) is 0.381. The number of fused-ring (bicyclic) bond motifs is 2. The first-order valence-electron chi connectivity index (χ1n) is 9.46. The second kappa shape index (κ2) is 6.34. The van der Waals surface area contributed by atoms with Gasteiger partial charge in [-0.2, -0.15) is 0 Å². The van der Waals surface area contributed by atoms with E-state index in [-0.39, 0.29) is 23.3 Å². The summed E-state index contributed by atoms with van der Waals surface area (Å²) >= 11 is 12.8. The zero-order valence-corrected chi connectivity index (χ0v) is 17.8. The van der Waals surface area contributed by atoms with Gasteiger partial charge in [0.1, 0.15) is 11.9 Å². The van der Waals surface area contributed by atoms with Gasteiger partial charge in [-0.25, -0.2) is 14.8 Å². The molecule has 8 heteroatoms. The van der Waals surface area contributed by atoms with Crippen LogP contribution in [0.3, 0.4) is 0 Å². The van der Waals surface area contributed by atoms with Crippen molar-refractivity contribution >= 4 is 45.9 Å². The maximum absolute atomic E-state index is 12.7. The zero-order valence-electron chi connectivity index (χ0n) is 16.3. The maximum Gasteiger partial charge on any atom is 0.328 e. The Hall–Kier alpha value is -2.31. The lowest BCUT2D eigenvalue weighted by Gasteiger charge is -2.30. The molecule has 0 unspecified atom stereocenters. The Kier molecular flexibility index (Phi) is 4.09. The van der Waals surface area contributed by atoms with E-state index in [2.05, 4.69) is 18.8 Å². The van der Waals surface area contributed by atoms with Crippen molar-refractivity contribution in [2.24, 2.45) is 17.3 Å². The minimum absolute atomic E-state index is 0.125. The van der Waals surface area contributed by atoms with Crippen LogP contribution in [0.25, 0.3) is 16.6 Å². The van der Waals surface area contributed by atoms with Crippen LogP contribution in [0.4, 0.5) is 5.82 Å². The Morgan fingerprint density at radius 2 is 2.10 bits per heavy atom. The van der Waals surface area contributed by atoms with E-state index in [0.29, 0.717) is 27.3 Å². The van der Waals surface area contributed by atoms with E-state index in [0.717, 1.165) is 17.6 Å². The van der Waals surface area contributed by atoms with Gasteiger partial charge < -0.3 is 14.2 Å². The number of rotatable bonds is 3. The van der Waals surface area contributed by atoms with E-state index in [4.69, 9.17) is 32.9 Å². The summed E-state index contributed by atoms with van der Waals surface area (Å²) in [7, 11) is 1.44. The fourth-order valence-electron chi connectivity index (χ4n) is 4.88. The number of carbonyl (C=O) groups is 1. The molecule has 3 heterocycles. The largest absolute Gasteiger partial charge is 0.467 e. The van der Waals surface area contributed by atoms with Gasteiger partial charge in [-0.3, -0.25) is 0 Å². The average Bonchev–Trinajstić information content (AvgIpc) is 3.18. The topological polar surface area (TPSA) is 60.2 Å². The van der Waals surface area contributed by atoms with E-state index < -0.39 is 0 Å². The van der Waals surface area contributed by atoms with Crippen LogP contribution >= 0.6 is 23.2 Å². The summed E-state index contributed by atoms with van der Waals surface area (Å²) in [6, 6.07) is 5.28. The van der Waals surface area contributed by atoms with E-state index in [1.807, 2.05) is 27.8 Å². The molecule has 1 aliphatic heterocycles. The number of aromatic nitrogens is 3. The number of halogens is 2. The minimum Gasteiger partial charge on any atom is -0.467 e. The van der Waals surface area contributed by atoms with Gasteiger partial charge in [-0.05, 0) is 23.5 Å². The summed E-state index contributed by atoms with van der Waals surface area (Å²) in [5.41, 5.74) is 1.61. The molecular weight excluding hydrogens is 411 g/mol. The highest BCUT2D eigenvalue weighted by atomic mass is 35.5. The number of imidazole rings is 1. The van der Waals surface area contributed by atoms with Crippen molar-refractivity contribution in [3.63, 3.8) is 0 Å². The Labute approximate surface area is 178 Å². The summed E-state index contributed by atoms with van der Waals surface area (Å²) in [5, 5.41) is 1.70. The highest BCUT2D eigenvalue weighted by Gasteiger charge is 2.69. The highest BCUT2D eigenvalue weighted by Crippen LogP contribution is 2.65. The van der Waals surface area contributed by atoms with E-state index in [1.54, 1.807) is 18.6 Å². The predicted octanol–water partition coefficient (Wildman–Crippen LogP) is 4.36. The van der Waals surface area contributed by atoms with Gasteiger partial charge in [0.2, 0.25) is 0 Å². The normalized spacial score (nSPS) is 24.6. The highest BCUT2D eigenvalue weighted by molar-refractivity contribution is 6.45. The molecule has 2 aromatic heterocycles. The lowest BCUT2D eigenvalue weighted by molar-refractivity contribution is -0.142. The van der Waals surface area contributed by atoms with Gasteiger partial charge in [0.25, 0.3) is 0 Å². The second-order valence-corrected chi connectivity index (χ2v) is 9.09. The van der Waals surface area contributed by atoms with Crippen molar-refractivity contribution in [1.29, 1.82) is 0 Å². The number of piperidine rings is 1. The van der Waals surface area contributed by atoms with Crippen molar-refractivity contribution in [2.75, 3.05) is 18.6 Å². The smallest absolute Gasteiger partial charge is 0.328 e. The molecule has 5 rings (SSSR count). The summed E-state index contributed by atoms with van der Waals surface area (Å²) < 4.78 is 7.05. The van der Waals surface area contributed by atoms with Crippen LogP contribution < -0.4 is 4.90 Å². The number of methoxy groups -OCH3 is 1. The standard InChI is InChI=1S/C21H20Cl2N4O2/c1-21(2)12-9-27(19(16(12)21)20(28)29-3)15-8-14(26-7-6-24-10-26)11-4-5-13(22)17(23)18(11)25-15/h4-8,10,12,16,19H,9H2,1-3H3/t12-,16-,19-/m0/s1. The third kappa shape index (κ3) is 2.66. The molecule has 0 spiro atoms. The van der Waals surface area contributed by atoms with Crippen LogP contribution in [-0.4, -0.2) is 40.2 Å². The molecule has 6 nitrogen and oxygen atoms in total. The minimum atomic E-state index is -0.362. The lowest BCUT2D eigenvalue weighted by atomic mass is 10.0. The molecule has 0 N–H and O–H groups in total. The number of anilines is 1. The van der Waals surface area contributed by atoms with Crippen molar-refractivity contribution in [3.8, 4) is 5.69 Å². The molecule has 150 valence electrons. The number of hydrogen-bond donors (Lipinski definition) is 0. The number of ether oxygens (including phenoxy) is 1. The molecule has 1 saturated carbocycles. The van der Waals surface area contributed by atoms with E-state index in [1.165, 1.54) is 7.11 Å². The van der Waals surface area contributed by atoms with Gasteiger partial charge in [0.05, 0.1) is 34.7 Å². The molecule has 2 fully saturated rings. The van der Waals surface area contributed by atoms with Gasteiger partial charge in [-0.15, -0.1) is 0 Å². The zero-order chi connectivity index (χ0) is 20.5. The SMILES string of the molecule is COC(=O)[C@@H]1[C@@H]2[C@H](CN1c1cc(-n3ccnc3)c3ccc(Cl)c(Cl)c3n1)C2(C)C. The van der Waals surface area contributed by atoms with Gasteiger partial charge >= 0.3 is 5.97 Å². The number of benzene rings is 1. The van der Waals surface area contributed by atoms with E-state index >= 15 is 0 Å². The maximum atomic E-state index is 12.7. The molecule has 1 aromatic carbocycles. The van der Waals surface area contributed by atoms with E-state index in [9.17, 15) is 4.79 Å². The molecule has 0 bridgehead atoms. The number of hydrogen-bond acceptors (Lipinski definition) is 5. The molecule has 0 amide bonds. The van der Waals surface area contributed by atoms with Crippen LogP contribution in [-0.2, 0) is 9.53 Å². The van der Waals surface area contributed by atoms with Crippen molar-refractivity contribution in [3.05, 3.63) is 47.0 Å². The first-order valence-corrected chi connectivity index (χ1v) is 10.2. The van der Waals surface area contributed by atoms with Crippen molar-refractivity contribution < 1.29 is 9.53 Å². The van der Waals surface area contributed by atoms with Crippen molar-refractivity contribution in [2.45, 2.75) is 19.9 Å². The predicted molar refractivity (Wildman–Crippen MR) is 113 cm³/mol. The molecular formula is C21H20Cl2N4O2. The number of pyridine rings is 1. The van der Waals surface area contributed by atoms with Crippen LogP contribution in [0.5, 0.6) is 0 Å². The Balaban J connectivity index is 1.70. The molecule has 0 radical (unpaired) electrons. The Morgan fingerprint density at radius 3 is 2.79 bits per heavy atom.